The van der Waals surface area contributed by atoms with Crippen molar-refractivity contribution in [2.24, 2.45) is 0 Å². The van der Waals surface area contributed by atoms with Gasteiger partial charge in [0.05, 0.1) is 29.9 Å². The molecule has 0 radical (unpaired) electrons. The van der Waals surface area contributed by atoms with E-state index in [0.717, 1.165) is 5.01 Å². The molecule has 0 aliphatic heterocycles. The molecule has 6 nitrogen and oxygen atoms in total. The third-order valence-electron chi connectivity index (χ3n) is 2.42. The monoisotopic (exact) mass is 327 g/mol. The van der Waals surface area contributed by atoms with Crippen LogP contribution in [0, 0.1) is 0 Å². The minimum atomic E-state index is -3.51. The first-order valence-electron chi connectivity index (χ1n) is 6.32. The van der Waals surface area contributed by atoms with Gasteiger partial charge in [0.1, 0.15) is 5.01 Å². The van der Waals surface area contributed by atoms with Crippen LogP contribution in [0.3, 0.4) is 0 Å². The van der Waals surface area contributed by atoms with Crippen molar-refractivity contribution < 1.29 is 13.2 Å². The number of thiazole rings is 1. The first-order valence-corrected chi connectivity index (χ1v) is 8.85. The van der Waals surface area contributed by atoms with Crippen molar-refractivity contribution in [2.75, 3.05) is 0 Å². The summed E-state index contributed by atoms with van der Waals surface area (Å²) in [6.07, 6.45) is 4.03. The quantitative estimate of drug-likeness (QED) is 0.837. The average Bonchev–Trinajstić information content (AvgIpc) is 2.84. The molecule has 0 aromatic carbocycles. The van der Waals surface area contributed by atoms with Crippen LogP contribution in [0.1, 0.15) is 31.5 Å². The van der Waals surface area contributed by atoms with Crippen LogP contribution >= 0.6 is 11.3 Å². The molecule has 0 N–H and O–H groups in total. The smallest absolute Gasteiger partial charge is 0.202 e. The summed E-state index contributed by atoms with van der Waals surface area (Å²) < 4.78 is 29.9. The average molecular weight is 327 g/mol. The molecule has 0 bridgehead atoms. The van der Waals surface area contributed by atoms with Gasteiger partial charge in [-0.05, 0) is 20.8 Å². The molecular formula is C13H17N3O3S2. The van der Waals surface area contributed by atoms with Crippen LogP contribution in [0.4, 0.5) is 0 Å². The molecule has 8 heteroatoms. The summed E-state index contributed by atoms with van der Waals surface area (Å²) in [5.41, 5.74) is 0.246. The van der Waals surface area contributed by atoms with Crippen LogP contribution in [0.2, 0.25) is 0 Å². The van der Waals surface area contributed by atoms with Gasteiger partial charge in [0.15, 0.2) is 5.03 Å². The van der Waals surface area contributed by atoms with Crippen molar-refractivity contribution in [3.63, 3.8) is 0 Å². The summed E-state index contributed by atoms with van der Waals surface area (Å²) in [4.78, 5) is 11.9. The second-order valence-corrected chi connectivity index (χ2v) is 8.32. The Balaban J connectivity index is 2.06. The number of hydrogen-bond acceptors (Lipinski definition) is 7. The van der Waals surface area contributed by atoms with E-state index in [1.807, 2.05) is 20.8 Å². The molecule has 0 fully saturated rings. The summed E-state index contributed by atoms with van der Waals surface area (Å²) in [5.74, 6) is -0.183. The summed E-state index contributed by atoms with van der Waals surface area (Å²) in [6, 6.07) is 0. The fraction of sp³-hybridized carbons (Fsp3) is 0.462. The lowest BCUT2D eigenvalue weighted by atomic mass is 10.2. The highest BCUT2D eigenvalue weighted by Gasteiger charge is 2.19. The van der Waals surface area contributed by atoms with E-state index in [0.29, 0.717) is 12.3 Å². The lowest BCUT2D eigenvalue weighted by Gasteiger charge is -2.18. The largest absolute Gasteiger partial charge is 0.369 e. The van der Waals surface area contributed by atoms with E-state index >= 15 is 0 Å². The van der Waals surface area contributed by atoms with Crippen molar-refractivity contribution in [2.45, 2.75) is 43.8 Å². The standard InChI is InChI=1S/C13H17N3O3S2/c1-13(2,3)19-7-11-16-10(8-20-11)9-21(17,18)12-6-14-4-5-15-12/h4-6,8H,7,9H2,1-3H3. The molecule has 0 spiro atoms. The maximum atomic E-state index is 12.2. The summed E-state index contributed by atoms with van der Waals surface area (Å²) in [6.45, 7) is 6.25. The van der Waals surface area contributed by atoms with E-state index in [2.05, 4.69) is 15.0 Å². The van der Waals surface area contributed by atoms with Gasteiger partial charge >= 0.3 is 0 Å². The predicted octanol–water partition coefficient (Wildman–Crippen LogP) is 2.22. The van der Waals surface area contributed by atoms with Gasteiger partial charge in [-0.3, -0.25) is 4.98 Å². The minimum Gasteiger partial charge on any atom is -0.369 e. The molecule has 0 aliphatic rings. The van der Waals surface area contributed by atoms with Crippen LogP contribution in [0.5, 0.6) is 0 Å². The predicted molar refractivity (Wildman–Crippen MR) is 79.6 cm³/mol. The molecule has 114 valence electrons. The Bertz CT molecular complexity index is 691. The maximum Gasteiger partial charge on any atom is 0.202 e. The Morgan fingerprint density at radius 3 is 2.67 bits per heavy atom. The summed E-state index contributed by atoms with van der Waals surface area (Å²) >= 11 is 1.39. The highest BCUT2D eigenvalue weighted by molar-refractivity contribution is 7.90. The van der Waals surface area contributed by atoms with Crippen LogP contribution in [0.25, 0.3) is 0 Å². The normalized spacial score (nSPS) is 12.5. The molecule has 0 atom stereocenters. The number of hydrogen-bond donors (Lipinski definition) is 0. The van der Waals surface area contributed by atoms with E-state index in [1.165, 1.54) is 29.9 Å². The molecule has 0 saturated heterocycles. The van der Waals surface area contributed by atoms with Crippen molar-refractivity contribution in [3.8, 4) is 0 Å². The molecule has 2 heterocycles. The number of nitrogens with zero attached hydrogens (tertiary/aromatic N) is 3. The Morgan fingerprint density at radius 1 is 1.29 bits per heavy atom. The first kappa shape index (κ1) is 16.0. The van der Waals surface area contributed by atoms with Crippen LogP contribution in [0.15, 0.2) is 29.0 Å². The molecule has 0 aliphatic carbocycles. The van der Waals surface area contributed by atoms with Gasteiger partial charge in [0, 0.05) is 17.8 Å². The van der Waals surface area contributed by atoms with Crippen LogP contribution < -0.4 is 0 Å². The highest BCUT2D eigenvalue weighted by atomic mass is 32.2. The molecule has 2 rings (SSSR count). The Kier molecular flexibility index (Phi) is 4.70. The van der Waals surface area contributed by atoms with Gasteiger partial charge in [-0.1, -0.05) is 0 Å². The van der Waals surface area contributed by atoms with Crippen molar-refractivity contribution >= 4 is 21.2 Å². The molecule has 21 heavy (non-hydrogen) atoms. The number of rotatable bonds is 5. The topological polar surface area (TPSA) is 82.0 Å². The zero-order valence-electron chi connectivity index (χ0n) is 12.1. The number of ether oxygens (including phenoxy) is 1. The van der Waals surface area contributed by atoms with E-state index < -0.39 is 9.84 Å². The second-order valence-electron chi connectivity index (χ2n) is 5.44. The highest BCUT2D eigenvalue weighted by Crippen LogP contribution is 2.18. The van der Waals surface area contributed by atoms with Gasteiger partial charge in [-0.15, -0.1) is 11.3 Å². The third-order valence-corrected chi connectivity index (χ3v) is 4.82. The Morgan fingerprint density at radius 2 is 2.05 bits per heavy atom. The zero-order valence-corrected chi connectivity index (χ0v) is 13.7. The minimum absolute atomic E-state index is 0.0366. The van der Waals surface area contributed by atoms with Gasteiger partial charge in [-0.25, -0.2) is 18.4 Å². The second kappa shape index (κ2) is 6.17. The molecule has 0 amide bonds. The summed E-state index contributed by atoms with van der Waals surface area (Å²) in [5, 5.41) is 2.45. The fourth-order valence-electron chi connectivity index (χ4n) is 1.47. The van der Waals surface area contributed by atoms with E-state index in [1.54, 1.807) is 5.38 Å². The Hall–Kier alpha value is -1.38. The zero-order chi connectivity index (χ0) is 15.5. The number of aromatic nitrogens is 3. The lowest BCUT2D eigenvalue weighted by Crippen LogP contribution is -2.18. The van der Waals surface area contributed by atoms with Gasteiger partial charge in [0.25, 0.3) is 0 Å². The van der Waals surface area contributed by atoms with Crippen LogP contribution in [-0.4, -0.2) is 29.0 Å². The molecule has 0 unspecified atom stereocenters. The number of sulfone groups is 1. The molecule has 2 aromatic rings. The van der Waals surface area contributed by atoms with E-state index in [-0.39, 0.29) is 16.4 Å². The van der Waals surface area contributed by atoms with E-state index in [9.17, 15) is 8.42 Å². The van der Waals surface area contributed by atoms with Crippen molar-refractivity contribution in [3.05, 3.63) is 34.7 Å². The van der Waals surface area contributed by atoms with Crippen molar-refractivity contribution in [1.29, 1.82) is 0 Å². The van der Waals surface area contributed by atoms with E-state index in [4.69, 9.17) is 4.74 Å². The SMILES string of the molecule is CC(C)(C)OCc1nc(CS(=O)(=O)c2cnccn2)cs1. The fourth-order valence-corrected chi connectivity index (χ4v) is 3.41. The van der Waals surface area contributed by atoms with Crippen molar-refractivity contribution in [1.82, 2.24) is 15.0 Å². The molecule has 2 aromatic heterocycles. The maximum absolute atomic E-state index is 12.2. The van der Waals surface area contributed by atoms with Gasteiger partial charge in [0.2, 0.25) is 9.84 Å². The molecule has 0 saturated carbocycles. The van der Waals surface area contributed by atoms with Gasteiger partial charge in [-0.2, -0.15) is 0 Å². The van der Waals surface area contributed by atoms with Gasteiger partial charge < -0.3 is 4.74 Å². The van der Waals surface area contributed by atoms with Crippen LogP contribution in [-0.2, 0) is 26.9 Å². The Labute approximate surface area is 128 Å². The third kappa shape index (κ3) is 4.83. The molecular weight excluding hydrogens is 310 g/mol. The lowest BCUT2D eigenvalue weighted by molar-refractivity contribution is -0.0150. The first-order chi connectivity index (χ1) is 9.76. The summed E-state index contributed by atoms with van der Waals surface area (Å²) in [7, 11) is -3.51.